The number of benzene rings is 8. The molecule has 0 atom stereocenters. The molecule has 0 unspecified atom stereocenters. The van der Waals surface area contributed by atoms with Crippen LogP contribution in [-0.4, -0.2) is 24.1 Å². The third-order valence-corrected chi connectivity index (χ3v) is 13.4. The van der Waals surface area contributed by atoms with Gasteiger partial charge in [0.25, 0.3) is 0 Å². The van der Waals surface area contributed by atoms with Crippen molar-refractivity contribution in [3.63, 3.8) is 0 Å². The van der Waals surface area contributed by atoms with Gasteiger partial charge in [0.15, 0.2) is 11.6 Å². The Balaban J connectivity index is 1.21. The number of rotatable bonds is 9. The zero-order valence-electron chi connectivity index (χ0n) is 39.3. The van der Waals surface area contributed by atoms with Crippen molar-refractivity contribution in [1.82, 2.24) is 24.1 Å². The summed E-state index contributed by atoms with van der Waals surface area (Å²) < 4.78 is 4.71. The Morgan fingerprint density at radius 3 is 1.90 bits per heavy atom. The van der Waals surface area contributed by atoms with Crippen LogP contribution in [0.2, 0.25) is 0 Å². The van der Waals surface area contributed by atoms with Gasteiger partial charge in [-0.1, -0.05) is 201 Å². The molecule has 0 amide bonds. The van der Waals surface area contributed by atoms with E-state index >= 15 is 0 Å². The summed E-state index contributed by atoms with van der Waals surface area (Å²) in [5.74, 6) is 1.63. The number of hydrogen-bond donors (Lipinski definition) is 0. The monoisotopic (exact) mass is 912 g/mol. The number of para-hydroxylation sites is 4. The Hall–Kier alpha value is -9.39. The second kappa shape index (κ2) is 18.3. The van der Waals surface area contributed by atoms with Crippen molar-refractivity contribution in [2.24, 2.45) is 0 Å². The SMILES string of the molecule is C=C/C=C(\C=C/C)c1cc(-c2ccccc2)ccc1-n1c2ccccc2c2ccc3c4ccccc4n(-c4nc(-c5ccccc5)nc(-c5cccc6c5N(c5ccccc5)C(=C)/C=C\C=C/C6)n4)c3c21. The summed E-state index contributed by atoms with van der Waals surface area (Å²) in [4.78, 5) is 18.7. The molecule has 0 spiro atoms. The highest BCUT2D eigenvalue weighted by molar-refractivity contribution is 6.24. The van der Waals surface area contributed by atoms with Crippen molar-refractivity contribution in [1.29, 1.82) is 0 Å². The van der Waals surface area contributed by atoms with Crippen LogP contribution in [0.25, 0.3) is 94.7 Å². The van der Waals surface area contributed by atoms with Crippen LogP contribution in [0.15, 0.2) is 256 Å². The highest BCUT2D eigenvalue weighted by Crippen LogP contribution is 2.45. The molecule has 0 N–H and O–H groups in total. The van der Waals surface area contributed by atoms with Gasteiger partial charge in [-0.3, -0.25) is 4.57 Å². The number of anilines is 2. The number of aromatic nitrogens is 5. The van der Waals surface area contributed by atoms with E-state index in [0.29, 0.717) is 24.0 Å². The molecule has 11 aromatic rings. The number of allylic oxidation sites excluding steroid dienone is 9. The smallest absolute Gasteiger partial charge is 0.238 e. The van der Waals surface area contributed by atoms with Gasteiger partial charge >= 0.3 is 0 Å². The molecule has 4 heterocycles. The number of nitrogens with zero attached hydrogens (tertiary/aromatic N) is 6. The van der Waals surface area contributed by atoms with Gasteiger partial charge in [0.2, 0.25) is 5.95 Å². The minimum absolute atomic E-state index is 0.510. The molecule has 0 saturated heterocycles. The summed E-state index contributed by atoms with van der Waals surface area (Å²) in [6, 6.07) is 66.3. The van der Waals surface area contributed by atoms with Crippen LogP contribution in [-0.2, 0) is 6.42 Å². The molecule has 6 heteroatoms. The summed E-state index contributed by atoms with van der Waals surface area (Å²) in [5.41, 5.74) is 15.2. The predicted octanol–water partition coefficient (Wildman–Crippen LogP) is 16.5. The Bertz CT molecular complexity index is 4000. The van der Waals surface area contributed by atoms with Crippen molar-refractivity contribution < 1.29 is 0 Å². The van der Waals surface area contributed by atoms with E-state index in [9.17, 15) is 0 Å². The Morgan fingerprint density at radius 1 is 0.563 bits per heavy atom. The molecule has 0 bridgehead atoms. The summed E-state index contributed by atoms with van der Waals surface area (Å²) in [6.07, 6.45) is 17.3. The molecule has 12 rings (SSSR count). The Kier molecular flexibility index (Phi) is 11.0. The normalized spacial score (nSPS) is 14.0. The van der Waals surface area contributed by atoms with E-state index in [1.807, 2.05) is 30.3 Å². The maximum Gasteiger partial charge on any atom is 0.238 e. The van der Waals surface area contributed by atoms with E-state index < -0.39 is 0 Å². The van der Waals surface area contributed by atoms with E-state index in [0.717, 1.165) is 105 Å². The first-order valence-electron chi connectivity index (χ1n) is 24.0. The van der Waals surface area contributed by atoms with Crippen LogP contribution < -0.4 is 4.90 Å². The zero-order valence-corrected chi connectivity index (χ0v) is 39.3. The minimum Gasteiger partial charge on any atom is -0.310 e. The van der Waals surface area contributed by atoms with Crippen LogP contribution in [0.3, 0.4) is 0 Å². The van der Waals surface area contributed by atoms with Crippen molar-refractivity contribution in [3.05, 3.63) is 267 Å². The fraction of sp³-hybridized carbons (Fsp3) is 0.0308. The van der Waals surface area contributed by atoms with Crippen LogP contribution in [0.4, 0.5) is 11.4 Å². The summed E-state index contributed by atoms with van der Waals surface area (Å²) >= 11 is 0. The molecule has 338 valence electrons. The molecule has 0 saturated carbocycles. The van der Waals surface area contributed by atoms with Gasteiger partial charge in [-0.2, -0.15) is 9.97 Å². The average Bonchev–Trinajstić information content (AvgIpc) is 3.97. The van der Waals surface area contributed by atoms with Crippen LogP contribution in [0, 0.1) is 0 Å². The molecule has 8 aromatic carbocycles. The fourth-order valence-electron chi connectivity index (χ4n) is 10.3. The van der Waals surface area contributed by atoms with Gasteiger partial charge in [-0.15, -0.1) is 0 Å². The maximum atomic E-state index is 5.62. The third kappa shape index (κ3) is 7.50. The van der Waals surface area contributed by atoms with Gasteiger partial charge < -0.3 is 9.47 Å². The summed E-state index contributed by atoms with van der Waals surface area (Å²) in [7, 11) is 0. The number of hydrogen-bond acceptors (Lipinski definition) is 4. The van der Waals surface area contributed by atoms with E-state index in [-0.39, 0.29) is 0 Å². The Morgan fingerprint density at radius 2 is 1.20 bits per heavy atom. The minimum atomic E-state index is 0.510. The predicted molar refractivity (Wildman–Crippen MR) is 298 cm³/mol. The quantitative estimate of drug-likeness (QED) is 0.135. The Labute approximate surface area is 413 Å². The van der Waals surface area contributed by atoms with Crippen LogP contribution in [0.1, 0.15) is 18.1 Å². The fourth-order valence-corrected chi connectivity index (χ4v) is 10.3. The average molecular weight is 913 g/mol. The lowest BCUT2D eigenvalue weighted by Crippen LogP contribution is -2.18. The molecule has 1 aliphatic heterocycles. The van der Waals surface area contributed by atoms with Crippen molar-refractivity contribution in [2.45, 2.75) is 13.3 Å². The second-order valence-corrected chi connectivity index (χ2v) is 17.6. The van der Waals surface area contributed by atoms with Crippen molar-refractivity contribution in [3.8, 4) is 45.5 Å². The molecule has 71 heavy (non-hydrogen) atoms. The van der Waals surface area contributed by atoms with Gasteiger partial charge in [0, 0.05) is 49.6 Å². The molecule has 3 aromatic heterocycles. The first-order valence-corrected chi connectivity index (χ1v) is 24.0. The first-order chi connectivity index (χ1) is 35.1. The highest BCUT2D eigenvalue weighted by Gasteiger charge is 2.27. The lowest BCUT2D eigenvalue weighted by atomic mass is 9.96. The van der Waals surface area contributed by atoms with Crippen molar-refractivity contribution >= 4 is 60.6 Å². The third-order valence-electron chi connectivity index (χ3n) is 13.4. The van der Waals surface area contributed by atoms with Crippen LogP contribution in [0.5, 0.6) is 0 Å². The van der Waals surface area contributed by atoms with E-state index in [1.165, 1.54) is 0 Å². The topological polar surface area (TPSA) is 51.8 Å². The molecule has 0 radical (unpaired) electrons. The molecule has 0 fully saturated rings. The zero-order chi connectivity index (χ0) is 47.8. The van der Waals surface area contributed by atoms with Crippen molar-refractivity contribution in [2.75, 3.05) is 4.90 Å². The van der Waals surface area contributed by atoms with E-state index in [4.69, 9.17) is 15.0 Å². The van der Waals surface area contributed by atoms with Gasteiger partial charge in [-0.25, -0.2) is 4.98 Å². The second-order valence-electron chi connectivity index (χ2n) is 17.6. The highest BCUT2D eigenvalue weighted by atomic mass is 15.2. The van der Waals surface area contributed by atoms with Gasteiger partial charge in [0.1, 0.15) is 0 Å². The number of fused-ring (bicyclic) bond motifs is 8. The van der Waals surface area contributed by atoms with E-state index in [2.05, 4.69) is 240 Å². The molecule has 1 aliphatic rings. The van der Waals surface area contributed by atoms with Crippen LogP contribution >= 0.6 is 0 Å². The van der Waals surface area contributed by atoms with Gasteiger partial charge in [0.05, 0.1) is 33.4 Å². The molecular formula is C65H48N6. The molecule has 6 nitrogen and oxygen atoms in total. The summed E-state index contributed by atoms with van der Waals surface area (Å²) in [5, 5.41) is 4.44. The lowest BCUT2D eigenvalue weighted by Gasteiger charge is -2.29. The lowest BCUT2D eigenvalue weighted by molar-refractivity contribution is 0.952. The van der Waals surface area contributed by atoms with E-state index in [1.54, 1.807) is 0 Å². The maximum absolute atomic E-state index is 5.62. The largest absolute Gasteiger partial charge is 0.310 e. The summed E-state index contributed by atoms with van der Waals surface area (Å²) in [6.45, 7) is 10.8. The van der Waals surface area contributed by atoms with Gasteiger partial charge in [-0.05, 0) is 84.1 Å². The molecular weight excluding hydrogens is 865 g/mol. The first kappa shape index (κ1) is 42.9. The standard InChI is InChI=1S/C65H48N6/c1-4-23-46(24-5-2)56-43-49(45-26-11-7-12-27-45)39-42-59(56)70-57-37-20-18-34-51(57)53-40-41-54-52-35-19-21-38-58(52)71(62(54)61(53)70)65-67-63(48-29-14-8-15-30-48)66-64(68-65)55-36-22-31-47-28-13-6-10-25-44(3)69(60(47)55)50-32-16-9-17-33-50/h4-27,29-43H,1,3,28H2,2H3/b13-6-,24-5-,25-10-,46-23+. The molecule has 0 aliphatic carbocycles.